The number of para-hydroxylation sites is 2. The number of anilines is 1. The van der Waals surface area contributed by atoms with E-state index in [0.29, 0.717) is 33.8 Å². The predicted molar refractivity (Wildman–Crippen MR) is 129 cm³/mol. The minimum Gasteiger partial charge on any atom is -0.496 e. The molecule has 0 aliphatic carbocycles. The molecule has 0 fully saturated rings. The van der Waals surface area contributed by atoms with Crippen molar-refractivity contribution in [2.45, 2.75) is 6.92 Å². The molecular weight excluding hydrogens is 470 g/mol. The summed E-state index contributed by atoms with van der Waals surface area (Å²) in [5.41, 5.74) is 2.04. The summed E-state index contributed by atoms with van der Waals surface area (Å²) in [5, 5.41) is 7.41. The number of carbonyl (C=O) groups excluding carboxylic acids is 1. The minimum atomic E-state index is -0.364. The van der Waals surface area contributed by atoms with Gasteiger partial charge in [0.25, 0.3) is 5.91 Å². The highest BCUT2D eigenvalue weighted by atomic mass is 79.9. The highest BCUT2D eigenvalue weighted by Crippen LogP contribution is 2.33. The molecule has 0 radical (unpaired) electrons. The predicted octanol–water partition coefficient (Wildman–Crippen LogP) is 5.23. The van der Waals surface area contributed by atoms with Crippen LogP contribution in [0.25, 0.3) is 16.8 Å². The molecule has 1 aromatic heterocycles. The Morgan fingerprint density at radius 2 is 1.72 bits per heavy atom. The Morgan fingerprint density at radius 3 is 2.44 bits per heavy atom. The number of aromatic nitrogens is 2. The third-order valence-electron chi connectivity index (χ3n) is 4.95. The summed E-state index contributed by atoms with van der Waals surface area (Å²) in [6, 6.07) is 23.6. The molecule has 1 amide bonds. The number of methoxy groups -OCH3 is 1. The molecule has 1 heterocycles. The summed E-state index contributed by atoms with van der Waals surface area (Å²) in [6.07, 6.45) is 0. The van der Waals surface area contributed by atoms with Crippen molar-refractivity contribution in [1.82, 2.24) is 9.78 Å². The van der Waals surface area contributed by atoms with Gasteiger partial charge in [0, 0.05) is 15.6 Å². The number of carbonyl (C=O) groups is 1. The van der Waals surface area contributed by atoms with Crippen molar-refractivity contribution in [3.05, 3.63) is 105 Å². The molecule has 0 spiro atoms. The molecular formula is C25H20BrN3O3. The second-order valence-electron chi connectivity index (χ2n) is 7.05. The van der Waals surface area contributed by atoms with E-state index >= 15 is 0 Å². The van der Waals surface area contributed by atoms with E-state index in [-0.39, 0.29) is 17.2 Å². The van der Waals surface area contributed by atoms with Gasteiger partial charge in [-0.2, -0.15) is 5.10 Å². The number of hydrogen-bond acceptors (Lipinski definition) is 4. The Hall–Kier alpha value is -3.71. The molecule has 4 aromatic rings. The van der Waals surface area contributed by atoms with Crippen molar-refractivity contribution in [1.29, 1.82) is 0 Å². The van der Waals surface area contributed by atoms with Gasteiger partial charge in [0.05, 0.1) is 18.4 Å². The van der Waals surface area contributed by atoms with E-state index in [0.717, 1.165) is 4.47 Å². The van der Waals surface area contributed by atoms with E-state index in [9.17, 15) is 9.59 Å². The van der Waals surface area contributed by atoms with E-state index in [4.69, 9.17) is 4.74 Å². The molecule has 6 nitrogen and oxygen atoms in total. The Labute approximate surface area is 193 Å². The molecule has 0 saturated carbocycles. The van der Waals surface area contributed by atoms with E-state index in [1.165, 1.54) is 0 Å². The van der Waals surface area contributed by atoms with Crippen LogP contribution in [0, 0.1) is 6.92 Å². The average Bonchev–Trinajstić information content (AvgIpc) is 2.82. The number of hydrogen-bond donors (Lipinski definition) is 1. The number of aryl methyl sites for hydroxylation is 1. The van der Waals surface area contributed by atoms with Gasteiger partial charge in [-0.25, -0.2) is 4.68 Å². The Bertz CT molecular complexity index is 1350. The monoisotopic (exact) mass is 489 g/mol. The van der Waals surface area contributed by atoms with Crippen molar-refractivity contribution in [3.8, 4) is 22.6 Å². The van der Waals surface area contributed by atoms with Crippen LogP contribution >= 0.6 is 15.9 Å². The molecule has 0 atom stereocenters. The lowest BCUT2D eigenvalue weighted by Gasteiger charge is -2.19. The molecule has 7 heteroatoms. The van der Waals surface area contributed by atoms with Crippen LogP contribution in [0.2, 0.25) is 0 Å². The van der Waals surface area contributed by atoms with Crippen LogP contribution in [0.4, 0.5) is 5.82 Å². The SMILES string of the molecule is COc1ccccc1-c1c(NC(=O)c2cccc(Br)c2)n(-c2ccccc2)nc(C)c1=O. The summed E-state index contributed by atoms with van der Waals surface area (Å²) in [4.78, 5) is 26.5. The van der Waals surface area contributed by atoms with E-state index in [1.54, 1.807) is 49.0 Å². The second-order valence-corrected chi connectivity index (χ2v) is 7.97. The summed E-state index contributed by atoms with van der Waals surface area (Å²) < 4.78 is 7.87. The first-order valence-corrected chi connectivity index (χ1v) is 10.7. The number of nitrogens with one attached hydrogen (secondary N) is 1. The number of benzene rings is 3. The van der Waals surface area contributed by atoms with Crippen LogP contribution in [0.5, 0.6) is 5.75 Å². The Kier molecular flexibility index (Phi) is 6.18. The molecule has 32 heavy (non-hydrogen) atoms. The fourth-order valence-electron chi connectivity index (χ4n) is 3.42. The van der Waals surface area contributed by atoms with Gasteiger partial charge >= 0.3 is 0 Å². The van der Waals surface area contributed by atoms with Gasteiger partial charge in [-0.1, -0.05) is 58.4 Å². The van der Waals surface area contributed by atoms with Gasteiger partial charge in [0.2, 0.25) is 5.43 Å². The third kappa shape index (κ3) is 4.20. The van der Waals surface area contributed by atoms with Gasteiger partial charge in [-0.3, -0.25) is 9.59 Å². The average molecular weight is 490 g/mol. The van der Waals surface area contributed by atoms with Crippen molar-refractivity contribution in [2.75, 3.05) is 12.4 Å². The summed E-state index contributed by atoms with van der Waals surface area (Å²) in [7, 11) is 1.54. The molecule has 160 valence electrons. The van der Waals surface area contributed by atoms with Crippen molar-refractivity contribution in [2.24, 2.45) is 0 Å². The van der Waals surface area contributed by atoms with E-state index < -0.39 is 0 Å². The molecule has 4 rings (SSSR count). The van der Waals surface area contributed by atoms with Crippen molar-refractivity contribution in [3.63, 3.8) is 0 Å². The first-order valence-electron chi connectivity index (χ1n) is 9.89. The summed E-state index contributed by atoms with van der Waals surface area (Å²) >= 11 is 3.39. The number of rotatable bonds is 5. The molecule has 0 unspecified atom stereocenters. The number of ether oxygens (including phenoxy) is 1. The topological polar surface area (TPSA) is 73.2 Å². The Morgan fingerprint density at radius 1 is 1.00 bits per heavy atom. The Balaban J connectivity index is 1.99. The lowest BCUT2D eigenvalue weighted by atomic mass is 10.0. The molecule has 0 bridgehead atoms. The van der Waals surface area contributed by atoms with Gasteiger partial charge in [-0.05, 0) is 43.3 Å². The minimum absolute atomic E-state index is 0.265. The lowest BCUT2D eigenvalue weighted by molar-refractivity contribution is 0.102. The zero-order valence-electron chi connectivity index (χ0n) is 17.5. The zero-order valence-corrected chi connectivity index (χ0v) is 19.1. The van der Waals surface area contributed by atoms with Crippen molar-refractivity contribution >= 4 is 27.7 Å². The van der Waals surface area contributed by atoms with E-state index in [2.05, 4.69) is 26.3 Å². The number of nitrogens with zero attached hydrogens (tertiary/aromatic N) is 2. The molecule has 0 aliphatic heterocycles. The van der Waals surface area contributed by atoms with Crippen LogP contribution in [-0.4, -0.2) is 22.8 Å². The van der Waals surface area contributed by atoms with Gasteiger partial charge in [0.15, 0.2) is 0 Å². The van der Waals surface area contributed by atoms with Gasteiger partial charge in [-0.15, -0.1) is 0 Å². The fraction of sp³-hybridized carbons (Fsp3) is 0.0800. The smallest absolute Gasteiger partial charge is 0.256 e. The quantitative estimate of drug-likeness (QED) is 0.416. The highest BCUT2D eigenvalue weighted by Gasteiger charge is 2.23. The number of amides is 1. The lowest BCUT2D eigenvalue weighted by Crippen LogP contribution is -2.25. The van der Waals surface area contributed by atoms with Crippen LogP contribution in [0.3, 0.4) is 0 Å². The zero-order chi connectivity index (χ0) is 22.7. The van der Waals surface area contributed by atoms with Gasteiger partial charge in [0.1, 0.15) is 17.3 Å². The standard InChI is InChI=1S/C25H20BrN3O3/c1-16-23(30)22(20-13-6-7-14-21(20)32-2)24(29(28-16)19-11-4-3-5-12-19)27-25(31)17-9-8-10-18(26)15-17/h3-15H,1-2H3,(H,27,31). The normalized spacial score (nSPS) is 10.6. The maximum absolute atomic E-state index is 13.3. The maximum Gasteiger partial charge on any atom is 0.256 e. The third-order valence-corrected chi connectivity index (χ3v) is 5.44. The second kappa shape index (κ2) is 9.20. The number of halogens is 1. The van der Waals surface area contributed by atoms with Crippen LogP contribution in [0.1, 0.15) is 16.1 Å². The molecule has 3 aromatic carbocycles. The van der Waals surface area contributed by atoms with Crippen molar-refractivity contribution < 1.29 is 9.53 Å². The maximum atomic E-state index is 13.3. The molecule has 1 N–H and O–H groups in total. The first kappa shape index (κ1) is 21.5. The first-order chi connectivity index (χ1) is 15.5. The summed E-state index contributed by atoms with van der Waals surface area (Å²) in [5.74, 6) is 0.422. The largest absolute Gasteiger partial charge is 0.496 e. The van der Waals surface area contributed by atoms with Crippen LogP contribution < -0.4 is 15.5 Å². The highest BCUT2D eigenvalue weighted by molar-refractivity contribution is 9.10. The summed E-state index contributed by atoms with van der Waals surface area (Å²) in [6.45, 7) is 1.65. The van der Waals surface area contributed by atoms with Gasteiger partial charge < -0.3 is 10.1 Å². The molecule has 0 saturated heterocycles. The van der Waals surface area contributed by atoms with Crippen LogP contribution in [-0.2, 0) is 0 Å². The fourth-order valence-corrected chi connectivity index (χ4v) is 3.82. The molecule has 0 aliphatic rings. The van der Waals surface area contributed by atoms with E-state index in [1.807, 2.05) is 48.5 Å². The van der Waals surface area contributed by atoms with Crippen LogP contribution in [0.15, 0.2) is 88.1 Å².